The molecule has 1 aromatic carbocycles. The number of nitrogens with two attached hydrogens (primary N) is 1. The van der Waals surface area contributed by atoms with Crippen molar-refractivity contribution in [3.05, 3.63) is 53.9 Å². The van der Waals surface area contributed by atoms with E-state index in [4.69, 9.17) is 15.3 Å². The van der Waals surface area contributed by atoms with Crippen molar-refractivity contribution in [3.8, 4) is 11.5 Å². The van der Waals surface area contributed by atoms with Crippen LogP contribution in [-0.4, -0.2) is 19.2 Å². The Morgan fingerprint density at radius 2 is 1.68 bits per heavy atom. The number of nitrogens with one attached hydrogen (secondary N) is 1. The molecule has 5 nitrogen and oxygen atoms in total. The minimum atomic E-state index is -0.145. The second-order valence-electron chi connectivity index (χ2n) is 4.03. The van der Waals surface area contributed by atoms with Crippen molar-refractivity contribution < 1.29 is 9.47 Å². The molecule has 1 heterocycles. The summed E-state index contributed by atoms with van der Waals surface area (Å²) in [7, 11) is 3.25. The van der Waals surface area contributed by atoms with Crippen LogP contribution in [0.5, 0.6) is 11.5 Å². The van der Waals surface area contributed by atoms with Gasteiger partial charge in [-0.2, -0.15) is 0 Å². The fourth-order valence-electron chi connectivity index (χ4n) is 1.89. The Bertz CT molecular complexity index is 528. The lowest BCUT2D eigenvalue weighted by molar-refractivity contribution is 0.411. The molecule has 100 valence electrons. The predicted octanol–water partition coefficient (Wildman–Crippen LogP) is 1.65. The van der Waals surface area contributed by atoms with Crippen molar-refractivity contribution in [2.24, 2.45) is 5.84 Å². The Kier molecular flexibility index (Phi) is 4.33. The summed E-state index contributed by atoms with van der Waals surface area (Å²) in [6, 6.07) is 9.47. The van der Waals surface area contributed by atoms with Crippen LogP contribution in [0.15, 0.2) is 42.7 Å². The lowest BCUT2D eigenvalue weighted by Crippen LogP contribution is -2.28. The Hall–Kier alpha value is -2.11. The first-order chi connectivity index (χ1) is 9.28. The van der Waals surface area contributed by atoms with Crippen LogP contribution in [0.4, 0.5) is 0 Å². The molecule has 0 aliphatic rings. The number of benzene rings is 1. The first-order valence-corrected chi connectivity index (χ1v) is 5.87. The number of rotatable bonds is 5. The largest absolute Gasteiger partial charge is 0.497 e. The zero-order valence-electron chi connectivity index (χ0n) is 11.0. The molecule has 0 aliphatic carbocycles. The highest BCUT2D eigenvalue weighted by Crippen LogP contribution is 2.25. The summed E-state index contributed by atoms with van der Waals surface area (Å²) in [5.74, 6) is 7.16. The van der Waals surface area contributed by atoms with E-state index in [1.165, 1.54) is 0 Å². The summed E-state index contributed by atoms with van der Waals surface area (Å²) in [6.07, 6.45) is 3.42. The fraction of sp³-hybridized carbons (Fsp3) is 0.214. The summed E-state index contributed by atoms with van der Waals surface area (Å²) in [4.78, 5) is 4.14. The molecule has 0 radical (unpaired) electrons. The average molecular weight is 259 g/mol. The maximum atomic E-state index is 5.65. The Morgan fingerprint density at radius 3 is 2.26 bits per heavy atom. The van der Waals surface area contributed by atoms with Gasteiger partial charge in [0.1, 0.15) is 11.5 Å². The fourth-order valence-corrected chi connectivity index (χ4v) is 1.89. The van der Waals surface area contributed by atoms with E-state index in [1.54, 1.807) is 26.6 Å². The normalized spacial score (nSPS) is 11.9. The summed E-state index contributed by atoms with van der Waals surface area (Å²) in [6.45, 7) is 0. The molecule has 0 saturated carbocycles. The Balaban J connectivity index is 2.31. The van der Waals surface area contributed by atoms with Gasteiger partial charge in [-0.25, -0.2) is 5.43 Å². The highest BCUT2D eigenvalue weighted by atomic mass is 16.5. The van der Waals surface area contributed by atoms with Crippen molar-refractivity contribution in [1.82, 2.24) is 10.4 Å². The maximum absolute atomic E-state index is 5.65. The lowest BCUT2D eigenvalue weighted by atomic mass is 10.0. The van der Waals surface area contributed by atoms with Crippen molar-refractivity contribution in [2.75, 3.05) is 14.2 Å². The quantitative estimate of drug-likeness (QED) is 0.631. The zero-order chi connectivity index (χ0) is 13.7. The molecule has 0 aliphatic heterocycles. The number of aromatic nitrogens is 1. The Labute approximate surface area is 112 Å². The third-order valence-corrected chi connectivity index (χ3v) is 2.92. The Morgan fingerprint density at radius 1 is 1.00 bits per heavy atom. The minimum Gasteiger partial charge on any atom is -0.497 e. The standard InChI is InChI=1S/C14H17N3O2/c1-18-12-5-3-10(4-6-12)14(17-15)11-7-13(19-2)9-16-8-11/h3-9,14,17H,15H2,1-2H3. The van der Waals surface area contributed by atoms with E-state index in [2.05, 4.69) is 10.4 Å². The predicted molar refractivity (Wildman–Crippen MR) is 72.9 cm³/mol. The summed E-state index contributed by atoms with van der Waals surface area (Å²) < 4.78 is 10.3. The molecule has 0 bridgehead atoms. The smallest absolute Gasteiger partial charge is 0.137 e. The van der Waals surface area contributed by atoms with Gasteiger partial charge in [0.2, 0.25) is 0 Å². The first kappa shape index (κ1) is 13.3. The second-order valence-corrected chi connectivity index (χ2v) is 4.03. The van der Waals surface area contributed by atoms with Gasteiger partial charge in [0.15, 0.2) is 0 Å². The van der Waals surface area contributed by atoms with E-state index < -0.39 is 0 Å². The van der Waals surface area contributed by atoms with E-state index >= 15 is 0 Å². The van der Waals surface area contributed by atoms with E-state index in [1.807, 2.05) is 30.3 Å². The third-order valence-electron chi connectivity index (χ3n) is 2.92. The van der Waals surface area contributed by atoms with Crippen LogP contribution < -0.4 is 20.7 Å². The molecule has 1 atom stereocenters. The van der Waals surface area contributed by atoms with Gasteiger partial charge < -0.3 is 9.47 Å². The molecule has 1 unspecified atom stereocenters. The van der Waals surface area contributed by atoms with Gasteiger partial charge in [-0.1, -0.05) is 12.1 Å². The van der Waals surface area contributed by atoms with Crippen LogP contribution in [-0.2, 0) is 0 Å². The van der Waals surface area contributed by atoms with E-state index in [0.29, 0.717) is 5.75 Å². The maximum Gasteiger partial charge on any atom is 0.137 e. The molecule has 0 spiro atoms. The lowest BCUT2D eigenvalue weighted by Gasteiger charge is -2.17. The number of nitrogens with zero attached hydrogens (tertiary/aromatic N) is 1. The number of ether oxygens (including phenoxy) is 2. The molecule has 0 fully saturated rings. The molecule has 2 rings (SSSR count). The van der Waals surface area contributed by atoms with E-state index in [-0.39, 0.29) is 6.04 Å². The number of pyridine rings is 1. The van der Waals surface area contributed by atoms with Crippen molar-refractivity contribution in [1.29, 1.82) is 0 Å². The molecule has 2 aromatic rings. The summed E-state index contributed by atoms with van der Waals surface area (Å²) in [5, 5.41) is 0. The second kappa shape index (κ2) is 6.17. The number of methoxy groups -OCH3 is 2. The van der Waals surface area contributed by atoms with Crippen LogP contribution in [0.2, 0.25) is 0 Å². The number of hydrazine groups is 1. The van der Waals surface area contributed by atoms with Gasteiger partial charge in [0.25, 0.3) is 0 Å². The van der Waals surface area contributed by atoms with Crippen LogP contribution in [0.1, 0.15) is 17.2 Å². The van der Waals surface area contributed by atoms with Gasteiger partial charge in [-0.05, 0) is 29.3 Å². The van der Waals surface area contributed by atoms with Gasteiger partial charge in [-0.3, -0.25) is 10.8 Å². The highest BCUT2D eigenvalue weighted by molar-refractivity contribution is 5.36. The van der Waals surface area contributed by atoms with E-state index in [9.17, 15) is 0 Å². The SMILES string of the molecule is COc1ccc(C(NN)c2cncc(OC)c2)cc1. The van der Waals surface area contributed by atoms with Crippen LogP contribution in [0.25, 0.3) is 0 Å². The molecular weight excluding hydrogens is 242 g/mol. The van der Waals surface area contributed by atoms with Crippen molar-refractivity contribution >= 4 is 0 Å². The first-order valence-electron chi connectivity index (χ1n) is 5.87. The zero-order valence-corrected chi connectivity index (χ0v) is 11.0. The van der Waals surface area contributed by atoms with Gasteiger partial charge in [0.05, 0.1) is 26.5 Å². The number of hydrogen-bond acceptors (Lipinski definition) is 5. The minimum absolute atomic E-state index is 0.145. The van der Waals surface area contributed by atoms with E-state index in [0.717, 1.165) is 16.9 Å². The molecule has 3 N–H and O–H groups in total. The van der Waals surface area contributed by atoms with Gasteiger partial charge >= 0.3 is 0 Å². The highest BCUT2D eigenvalue weighted by Gasteiger charge is 2.13. The topological polar surface area (TPSA) is 69.4 Å². The van der Waals surface area contributed by atoms with Crippen LogP contribution >= 0.6 is 0 Å². The summed E-state index contributed by atoms with van der Waals surface area (Å²) in [5.41, 5.74) is 4.75. The van der Waals surface area contributed by atoms with Crippen LogP contribution in [0, 0.1) is 0 Å². The van der Waals surface area contributed by atoms with Gasteiger partial charge in [-0.15, -0.1) is 0 Å². The average Bonchev–Trinajstić information content (AvgIpc) is 2.49. The molecule has 5 heteroatoms. The molecule has 0 amide bonds. The van der Waals surface area contributed by atoms with Crippen molar-refractivity contribution in [2.45, 2.75) is 6.04 Å². The molecule has 19 heavy (non-hydrogen) atoms. The monoisotopic (exact) mass is 259 g/mol. The van der Waals surface area contributed by atoms with Gasteiger partial charge in [0, 0.05) is 6.20 Å². The summed E-state index contributed by atoms with van der Waals surface area (Å²) >= 11 is 0. The van der Waals surface area contributed by atoms with Crippen LogP contribution in [0.3, 0.4) is 0 Å². The third kappa shape index (κ3) is 3.01. The molecule has 1 aromatic heterocycles. The molecule has 0 saturated heterocycles. The van der Waals surface area contributed by atoms with Crippen molar-refractivity contribution in [3.63, 3.8) is 0 Å². The molecular formula is C14H17N3O2. The number of hydrogen-bond donors (Lipinski definition) is 2.